The van der Waals surface area contributed by atoms with E-state index in [1.807, 2.05) is 23.8 Å². The summed E-state index contributed by atoms with van der Waals surface area (Å²) in [7, 11) is 0. The van der Waals surface area contributed by atoms with Gasteiger partial charge in [0.1, 0.15) is 18.1 Å². The van der Waals surface area contributed by atoms with Crippen molar-refractivity contribution in [2.75, 3.05) is 0 Å². The molecule has 0 aliphatic rings. The van der Waals surface area contributed by atoms with Gasteiger partial charge in [0.15, 0.2) is 0 Å². The number of pyridine rings is 2. The minimum absolute atomic E-state index is 0.00390. The highest BCUT2D eigenvalue weighted by molar-refractivity contribution is 7.07. The lowest BCUT2D eigenvalue weighted by atomic mass is 10.3. The van der Waals surface area contributed by atoms with Gasteiger partial charge in [-0.25, -0.2) is 0 Å². The summed E-state index contributed by atoms with van der Waals surface area (Å²) in [5, 5.41) is 3.90. The Morgan fingerprint density at radius 1 is 1.12 bits per heavy atom. The Bertz CT molecular complexity index is 851. The summed E-state index contributed by atoms with van der Waals surface area (Å²) >= 11 is 1.56. The molecule has 8 heteroatoms. The molecule has 0 saturated heterocycles. The first kappa shape index (κ1) is 17.2. The molecule has 0 aliphatic heterocycles. The normalized spacial score (nSPS) is 11.4. The van der Waals surface area contributed by atoms with Crippen LogP contribution in [-0.2, 0) is 12.8 Å². The van der Waals surface area contributed by atoms with E-state index in [4.69, 9.17) is 9.47 Å². The summed E-state index contributed by atoms with van der Waals surface area (Å²) < 4.78 is 49.2. The number of aromatic nitrogens is 2. The first-order valence-corrected chi connectivity index (χ1v) is 8.18. The van der Waals surface area contributed by atoms with E-state index in [2.05, 4.69) is 9.97 Å². The van der Waals surface area contributed by atoms with Gasteiger partial charge in [-0.1, -0.05) is 0 Å². The first-order chi connectivity index (χ1) is 11.9. The molecule has 0 aromatic carbocycles. The predicted octanol–water partition coefficient (Wildman–Crippen LogP) is 5.24. The molecule has 25 heavy (non-hydrogen) atoms. The van der Waals surface area contributed by atoms with E-state index in [1.165, 1.54) is 6.07 Å². The van der Waals surface area contributed by atoms with Crippen LogP contribution < -0.4 is 9.47 Å². The topological polar surface area (TPSA) is 44.2 Å². The van der Waals surface area contributed by atoms with Crippen molar-refractivity contribution in [2.45, 2.75) is 19.7 Å². The lowest BCUT2D eigenvalue weighted by Gasteiger charge is -2.11. The number of aryl methyl sites for hydroxylation is 1. The lowest BCUT2D eigenvalue weighted by molar-refractivity contribution is -0.141. The number of alkyl halides is 3. The molecule has 0 radical (unpaired) electrons. The molecule has 0 fully saturated rings. The summed E-state index contributed by atoms with van der Waals surface area (Å²) in [6.07, 6.45) is -3.49. The van der Waals surface area contributed by atoms with E-state index in [9.17, 15) is 13.2 Å². The molecule has 0 unspecified atom stereocenters. The number of thiophene rings is 1. The second-order valence-corrected chi connectivity index (χ2v) is 6.00. The van der Waals surface area contributed by atoms with Gasteiger partial charge in [0.25, 0.3) is 0 Å². The van der Waals surface area contributed by atoms with Crippen LogP contribution in [0.1, 0.15) is 16.8 Å². The Kier molecular flexibility index (Phi) is 4.89. The molecule has 0 amide bonds. The zero-order valence-electron chi connectivity index (χ0n) is 13.1. The average Bonchev–Trinajstić information content (AvgIpc) is 3.05. The molecular weight excluding hydrogens is 353 g/mol. The summed E-state index contributed by atoms with van der Waals surface area (Å²) in [5.41, 5.74) is 0.807. The van der Waals surface area contributed by atoms with Crippen molar-refractivity contribution in [1.29, 1.82) is 0 Å². The van der Waals surface area contributed by atoms with Crippen LogP contribution in [0.4, 0.5) is 13.2 Å². The number of rotatable bonds is 5. The van der Waals surface area contributed by atoms with Crippen molar-refractivity contribution in [2.24, 2.45) is 0 Å². The maximum absolute atomic E-state index is 12.7. The molecular formula is C17H13F3N2O2S. The van der Waals surface area contributed by atoms with Crippen molar-refractivity contribution >= 4 is 11.3 Å². The largest absolute Gasteiger partial charge is 0.473 e. The average molecular weight is 366 g/mol. The Labute approximate surface area is 145 Å². The maximum atomic E-state index is 12.7. The van der Waals surface area contributed by atoms with E-state index >= 15 is 0 Å². The van der Waals surface area contributed by atoms with Gasteiger partial charge in [0.2, 0.25) is 11.8 Å². The first-order valence-electron chi connectivity index (χ1n) is 7.24. The molecule has 0 bridgehead atoms. The van der Waals surface area contributed by atoms with Gasteiger partial charge in [-0.15, -0.1) is 0 Å². The fourth-order valence-electron chi connectivity index (χ4n) is 2.01. The number of hydrogen-bond donors (Lipinski definition) is 0. The Hall–Kier alpha value is -2.61. The van der Waals surface area contributed by atoms with Crippen molar-refractivity contribution in [3.05, 3.63) is 64.1 Å². The molecule has 0 atom stereocenters. The van der Waals surface area contributed by atoms with Crippen molar-refractivity contribution in [3.8, 4) is 17.5 Å². The van der Waals surface area contributed by atoms with Gasteiger partial charge < -0.3 is 9.47 Å². The van der Waals surface area contributed by atoms with Crippen LogP contribution in [-0.4, -0.2) is 9.97 Å². The third-order valence-electron chi connectivity index (χ3n) is 3.13. The molecule has 3 rings (SSSR count). The van der Waals surface area contributed by atoms with Crippen molar-refractivity contribution in [3.63, 3.8) is 0 Å². The van der Waals surface area contributed by atoms with Gasteiger partial charge in [-0.3, -0.25) is 4.98 Å². The van der Waals surface area contributed by atoms with Crippen LogP contribution in [0.25, 0.3) is 0 Å². The van der Waals surface area contributed by atoms with Crippen LogP contribution in [0.5, 0.6) is 17.5 Å². The van der Waals surface area contributed by atoms with E-state index in [0.717, 1.165) is 23.4 Å². The van der Waals surface area contributed by atoms with Crippen LogP contribution in [0.15, 0.2) is 47.3 Å². The van der Waals surface area contributed by atoms with Gasteiger partial charge in [-0.2, -0.15) is 29.5 Å². The van der Waals surface area contributed by atoms with Crippen LogP contribution in [0.3, 0.4) is 0 Å². The number of ether oxygens (including phenoxy) is 2. The molecule has 0 aliphatic carbocycles. The molecule has 3 aromatic heterocycles. The molecule has 4 nitrogen and oxygen atoms in total. The highest BCUT2D eigenvalue weighted by atomic mass is 32.1. The monoisotopic (exact) mass is 366 g/mol. The number of nitrogens with zero attached hydrogens (tertiary/aromatic N) is 2. The van der Waals surface area contributed by atoms with Crippen LogP contribution in [0, 0.1) is 6.92 Å². The zero-order chi connectivity index (χ0) is 17.9. The highest BCUT2D eigenvalue weighted by Gasteiger charge is 2.32. The molecule has 0 spiro atoms. The predicted molar refractivity (Wildman–Crippen MR) is 86.9 cm³/mol. The third-order valence-corrected chi connectivity index (χ3v) is 3.87. The summed E-state index contributed by atoms with van der Waals surface area (Å²) in [4.78, 5) is 7.47. The van der Waals surface area contributed by atoms with Crippen molar-refractivity contribution in [1.82, 2.24) is 9.97 Å². The Morgan fingerprint density at radius 3 is 2.64 bits per heavy atom. The van der Waals surface area contributed by atoms with Crippen LogP contribution in [0.2, 0.25) is 0 Å². The minimum Gasteiger partial charge on any atom is -0.473 e. The Balaban J connectivity index is 1.76. The molecule has 130 valence electrons. The lowest BCUT2D eigenvalue weighted by Crippen LogP contribution is -2.07. The van der Waals surface area contributed by atoms with Gasteiger partial charge in [0, 0.05) is 30.0 Å². The van der Waals surface area contributed by atoms with Gasteiger partial charge in [0.05, 0.1) is 0 Å². The number of halogens is 3. The fraction of sp³-hybridized carbons (Fsp3) is 0.176. The van der Waals surface area contributed by atoms with E-state index < -0.39 is 11.9 Å². The minimum atomic E-state index is -4.53. The number of hydrogen-bond acceptors (Lipinski definition) is 5. The molecule has 0 N–H and O–H groups in total. The summed E-state index contributed by atoms with van der Waals surface area (Å²) in [6, 6.07) is 7.45. The third kappa shape index (κ3) is 4.69. The quantitative estimate of drug-likeness (QED) is 0.620. The van der Waals surface area contributed by atoms with Crippen LogP contribution >= 0.6 is 11.3 Å². The standard InChI is InChI=1S/C17H13F3N2O2S/c1-11-6-15(23-9-12-3-5-25-10-12)22-16(7-11)24-13-2-4-21-14(8-13)17(18,19)20/h2-8,10H,9H2,1H3. The Morgan fingerprint density at radius 2 is 1.92 bits per heavy atom. The molecule has 3 heterocycles. The van der Waals surface area contributed by atoms with E-state index in [0.29, 0.717) is 12.5 Å². The summed E-state index contributed by atoms with van der Waals surface area (Å²) in [5.74, 6) is 0.496. The van der Waals surface area contributed by atoms with E-state index in [1.54, 1.807) is 23.5 Å². The summed E-state index contributed by atoms with van der Waals surface area (Å²) in [6.45, 7) is 2.17. The van der Waals surface area contributed by atoms with Crippen molar-refractivity contribution < 1.29 is 22.6 Å². The van der Waals surface area contributed by atoms with Gasteiger partial charge in [-0.05, 0) is 35.4 Å². The second kappa shape index (κ2) is 7.10. The maximum Gasteiger partial charge on any atom is 0.433 e. The fourth-order valence-corrected chi connectivity index (χ4v) is 2.67. The highest BCUT2D eigenvalue weighted by Crippen LogP contribution is 2.31. The smallest absolute Gasteiger partial charge is 0.433 e. The molecule has 3 aromatic rings. The zero-order valence-corrected chi connectivity index (χ0v) is 13.9. The van der Waals surface area contributed by atoms with E-state index in [-0.39, 0.29) is 11.6 Å². The van der Waals surface area contributed by atoms with Gasteiger partial charge >= 0.3 is 6.18 Å². The molecule has 0 saturated carbocycles. The second-order valence-electron chi connectivity index (χ2n) is 5.22. The SMILES string of the molecule is Cc1cc(OCc2ccsc2)nc(Oc2ccnc(C(F)(F)F)c2)c1.